The van der Waals surface area contributed by atoms with Crippen LogP contribution >= 0.6 is 7.82 Å². The lowest BCUT2D eigenvalue weighted by Crippen LogP contribution is -2.31. The predicted molar refractivity (Wildman–Crippen MR) is 350 cm³/mol. The maximum atomic E-state index is 13.4. The Hall–Kier alpha value is -2.05. The quantitative estimate of drug-likeness (QED) is 0.0253. The molecule has 0 fully saturated rings. The van der Waals surface area contributed by atoms with Crippen molar-refractivity contribution in [3.05, 3.63) is 0 Å². The molecule has 0 amide bonds. The second kappa shape index (κ2) is 66.9. The minimum absolute atomic E-state index is 0. The lowest BCUT2D eigenvalue weighted by Gasteiger charge is -2.22. The summed E-state index contributed by atoms with van der Waals surface area (Å²) >= 11 is 0. The van der Waals surface area contributed by atoms with Gasteiger partial charge < -0.3 is 30.0 Å². The summed E-state index contributed by atoms with van der Waals surface area (Å²) < 4.78 is 46.6. The van der Waals surface area contributed by atoms with Gasteiger partial charge in [0, 0.05) is 25.7 Å². The van der Waals surface area contributed by atoms with Crippen molar-refractivity contribution in [1.29, 1.82) is 0 Å². The highest BCUT2D eigenvalue weighted by Gasteiger charge is 2.29. The molecule has 2 atom stereocenters. The van der Waals surface area contributed by atoms with Gasteiger partial charge in [-0.1, -0.05) is 336 Å². The number of hydrogen-bond acceptors (Lipinski definition) is 12. The Morgan fingerprint density at radius 1 is 0.274 bits per heavy atom. The van der Waals surface area contributed by atoms with Crippen molar-refractivity contribution in [2.75, 3.05) is 26.4 Å². The Morgan fingerprint density at radius 2 is 0.440 bits per heavy atom. The molecule has 0 aliphatic rings. The molecule has 0 aromatic rings. The molecule has 0 aromatic heterocycles. The van der Waals surface area contributed by atoms with Crippen LogP contribution in [-0.2, 0) is 51.7 Å². The van der Waals surface area contributed by atoms with Gasteiger partial charge >= 0.3 is 31.7 Å². The number of carbonyl (C=O) groups is 4. The highest BCUT2D eigenvalue weighted by Crippen LogP contribution is 2.43. The van der Waals surface area contributed by atoms with Gasteiger partial charge in [0.15, 0.2) is 12.2 Å². The molecule has 4 N–H and O–H groups in total. The zero-order chi connectivity index (χ0) is 60.6. The van der Waals surface area contributed by atoms with E-state index in [1.165, 1.54) is 231 Å². The third kappa shape index (κ3) is 64.4. The summed E-state index contributed by atoms with van der Waals surface area (Å²) in [6.07, 6.45) is 60.2. The number of rotatable bonds is 68. The zero-order valence-corrected chi connectivity index (χ0v) is 56.6. The lowest BCUT2D eigenvalue weighted by molar-refractivity contribution is -0.162. The summed E-state index contributed by atoms with van der Waals surface area (Å²) in [6, 6.07) is 0. The van der Waals surface area contributed by atoms with Crippen LogP contribution in [0.4, 0.5) is 0 Å². The van der Waals surface area contributed by atoms with Gasteiger partial charge in [0.2, 0.25) is 0 Å². The second-order valence-corrected chi connectivity index (χ2v) is 26.1. The topological polar surface area (TPSA) is 196 Å². The molecule has 13 nitrogen and oxygen atoms in total. The van der Waals surface area contributed by atoms with E-state index in [0.29, 0.717) is 25.7 Å². The van der Waals surface area contributed by atoms with Crippen molar-refractivity contribution < 1.29 is 56.6 Å². The molecule has 0 saturated carbocycles. The molecule has 0 saturated heterocycles. The summed E-state index contributed by atoms with van der Waals surface area (Å²) in [6.45, 7) is 7.18. The highest BCUT2D eigenvalue weighted by atomic mass is 31.2. The van der Waals surface area contributed by atoms with Crippen LogP contribution in [0.3, 0.4) is 0 Å². The number of phosphoric ester groups is 1. The van der Waals surface area contributed by atoms with E-state index in [9.17, 15) is 28.6 Å². The Labute approximate surface area is 518 Å². The van der Waals surface area contributed by atoms with Crippen LogP contribution < -0.4 is 6.15 Å². The molecule has 0 heterocycles. The maximum Gasteiger partial charge on any atom is 0.472 e. The van der Waals surface area contributed by atoms with E-state index in [0.717, 1.165) is 77.0 Å². The molecule has 0 bridgehead atoms. The average Bonchev–Trinajstić information content (AvgIpc) is 3.48. The first kappa shape index (κ1) is 84.0. The number of hydrogen-bond donors (Lipinski definition) is 2. The van der Waals surface area contributed by atoms with Gasteiger partial charge in [0.25, 0.3) is 0 Å². The Kier molecular flexibility index (Phi) is 66.9. The van der Waals surface area contributed by atoms with Crippen molar-refractivity contribution in [1.82, 2.24) is 6.15 Å². The first-order chi connectivity index (χ1) is 40.6. The minimum atomic E-state index is -4.84. The number of ether oxygens (including phenoxy) is 4. The SMILES string of the molecule is CCCCCCCCCCCCCCCC(=O)OC[C@H](COP(=O)(O)OC[C@@H](COC(=O)CCCCCCCCCCCCCCC)OC(=O)CCCCCCCCCCCCCCC)OC(=O)CCCCCCCCCCCCCCC.N. The van der Waals surface area contributed by atoms with Crippen molar-refractivity contribution >= 4 is 31.7 Å². The molecule has 0 aliphatic heterocycles. The summed E-state index contributed by atoms with van der Waals surface area (Å²) in [7, 11) is -4.84. The highest BCUT2D eigenvalue weighted by molar-refractivity contribution is 7.47. The van der Waals surface area contributed by atoms with E-state index in [2.05, 4.69) is 27.7 Å². The molecule has 500 valence electrons. The van der Waals surface area contributed by atoms with E-state index in [-0.39, 0.29) is 45.0 Å². The van der Waals surface area contributed by atoms with Crippen LogP contribution in [0, 0.1) is 0 Å². The number of unbranched alkanes of at least 4 members (excludes halogenated alkanes) is 48. The van der Waals surface area contributed by atoms with Gasteiger partial charge in [-0.2, -0.15) is 0 Å². The van der Waals surface area contributed by atoms with Crippen LogP contribution in [0.25, 0.3) is 0 Å². The smallest absolute Gasteiger partial charge is 0.462 e. The van der Waals surface area contributed by atoms with Crippen LogP contribution in [0.5, 0.6) is 0 Å². The molecule has 0 unspecified atom stereocenters. The maximum absolute atomic E-state index is 13.4. The van der Waals surface area contributed by atoms with Crippen LogP contribution in [-0.4, -0.2) is 67.4 Å². The van der Waals surface area contributed by atoms with E-state index in [4.69, 9.17) is 28.0 Å². The third-order valence-corrected chi connectivity index (χ3v) is 17.2. The minimum Gasteiger partial charge on any atom is -0.462 e. The molecule has 84 heavy (non-hydrogen) atoms. The van der Waals surface area contributed by atoms with E-state index in [1.807, 2.05) is 0 Å². The largest absolute Gasteiger partial charge is 0.472 e. The summed E-state index contributed by atoms with van der Waals surface area (Å²) in [4.78, 5) is 62.8. The molecular formula is C70H138NO12P. The first-order valence-corrected chi connectivity index (χ1v) is 37.4. The monoisotopic (exact) mass is 1220 g/mol. The standard InChI is InChI=1S/C70H135O12P.H3N/c1-5-9-13-17-21-25-29-33-37-41-45-49-53-57-67(71)77-61-65(81-69(73)59-55-51-47-43-39-35-31-27-23-19-15-11-7-3)63-79-83(75,76)80-64-66(82-70(74)60-56-52-48-44-40-36-32-28-24-20-16-12-8-4)62-78-68(72)58-54-50-46-42-38-34-30-26-22-18-14-10-6-2;/h65-66H,5-64H2,1-4H3,(H,75,76);1H3/t65-,66-;/m1./s1. The normalized spacial score (nSPS) is 12.2. The zero-order valence-electron chi connectivity index (χ0n) is 55.7. The van der Waals surface area contributed by atoms with Gasteiger partial charge in [-0.3, -0.25) is 28.2 Å². The fraction of sp³-hybridized carbons (Fsp3) is 0.943. The van der Waals surface area contributed by atoms with Crippen LogP contribution in [0.2, 0.25) is 0 Å². The summed E-state index contributed by atoms with van der Waals surface area (Å²) in [5, 5.41) is 0. The Bertz CT molecular complexity index is 1370. The molecular weight excluding hydrogens is 1080 g/mol. The van der Waals surface area contributed by atoms with Gasteiger partial charge in [-0.25, -0.2) is 4.57 Å². The van der Waals surface area contributed by atoms with E-state index in [1.54, 1.807) is 0 Å². The predicted octanol–water partition coefficient (Wildman–Crippen LogP) is 22.1. The average molecular weight is 1220 g/mol. The van der Waals surface area contributed by atoms with Gasteiger partial charge in [-0.05, 0) is 25.7 Å². The van der Waals surface area contributed by atoms with Gasteiger partial charge in [0.1, 0.15) is 13.2 Å². The van der Waals surface area contributed by atoms with Gasteiger partial charge in [0.05, 0.1) is 13.2 Å². The van der Waals surface area contributed by atoms with Crippen LogP contribution in [0.15, 0.2) is 0 Å². The number of carbonyl (C=O) groups excluding carboxylic acids is 4. The molecule has 14 heteroatoms. The van der Waals surface area contributed by atoms with Crippen molar-refractivity contribution in [3.63, 3.8) is 0 Å². The van der Waals surface area contributed by atoms with Gasteiger partial charge in [-0.15, -0.1) is 0 Å². The van der Waals surface area contributed by atoms with Crippen LogP contribution in [0.1, 0.15) is 387 Å². The molecule has 0 rings (SSSR count). The van der Waals surface area contributed by atoms with Crippen molar-refractivity contribution in [3.8, 4) is 0 Å². The Morgan fingerprint density at radius 3 is 0.631 bits per heavy atom. The molecule has 0 radical (unpaired) electrons. The number of phosphoric acid groups is 1. The first-order valence-electron chi connectivity index (χ1n) is 35.9. The summed E-state index contributed by atoms with van der Waals surface area (Å²) in [5.41, 5.74) is 0. The van der Waals surface area contributed by atoms with Crippen molar-refractivity contribution in [2.24, 2.45) is 0 Å². The fourth-order valence-corrected chi connectivity index (χ4v) is 11.6. The number of esters is 4. The van der Waals surface area contributed by atoms with Crippen molar-refractivity contribution in [2.45, 2.75) is 399 Å². The summed E-state index contributed by atoms with van der Waals surface area (Å²) in [5.74, 6) is -1.86. The molecule has 0 aliphatic carbocycles. The molecule has 0 spiro atoms. The Balaban J connectivity index is 0. The lowest BCUT2D eigenvalue weighted by atomic mass is 10.0. The fourth-order valence-electron chi connectivity index (χ4n) is 10.8. The van der Waals surface area contributed by atoms with E-state index < -0.39 is 57.1 Å². The molecule has 0 aromatic carbocycles. The third-order valence-electron chi connectivity index (χ3n) is 16.2. The van der Waals surface area contributed by atoms with E-state index >= 15 is 0 Å². The second-order valence-electron chi connectivity index (χ2n) is 24.6.